The number of carbonyl (C=O) groups is 1. The van der Waals surface area contributed by atoms with Crippen molar-refractivity contribution < 1.29 is 9.18 Å². The van der Waals surface area contributed by atoms with E-state index in [1.54, 1.807) is 12.3 Å². The number of carbonyl (C=O) groups excluding carboxylic acids is 1. The fourth-order valence-corrected chi connectivity index (χ4v) is 5.13. The molecule has 0 aliphatic heterocycles. The normalized spacial score (nSPS) is 12.2. The fourth-order valence-electron chi connectivity index (χ4n) is 4.14. The van der Waals surface area contributed by atoms with E-state index in [2.05, 4.69) is 22.4 Å². The number of nitrogens with zero attached hydrogens (tertiary/aromatic N) is 3. The zero-order chi connectivity index (χ0) is 23.5. The molecule has 1 atom stereocenters. The zero-order valence-corrected chi connectivity index (χ0v) is 20.0. The summed E-state index contributed by atoms with van der Waals surface area (Å²) in [4.78, 5) is 22.8. The van der Waals surface area contributed by atoms with Crippen molar-refractivity contribution in [3.8, 4) is 0 Å². The van der Waals surface area contributed by atoms with Crippen LogP contribution in [0.5, 0.6) is 0 Å². The maximum absolute atomic E-state index is 13.6. The molecule has 0 saturated heterocycles. The van der Waals surface area contributed by atoms with E-state index in [0.717, 1.165) is 33.5 Å². The number of anilines is 1. The van der Waals surface area contributed by atoms with Gasteiger partial charge in [0.1, 0.15) is 17.4 Å². The Labute approximate surface area is 197 Å². The van der Waals surface area contributed by atoms with Gasteiger partial charge in [-0.05, 0) is 68.1 Å². The predicted octanol–water partition coefficient (Wildman–Crippen LogP) is 6.38. The molecule has 7 heteroatoms. The summed E-state index contributed by atoms with van der Waals surface area (Å²) in [7, 11) is 0. The van der Waals surface area contributed by atoms with Crippen LogP contribution in [0.15, 0.2) is 59.9 Å². The first kappa shape index (κ1) is 23.0. The standard InChI is InChI=1S/C26H27FN4OS/c1-5-22(25(32)30-23-17(3)12-16(2)13-18(23)4)31-24-21(10-7-11-28-24)29-26(31)33-15-19-8-6-9-20(27)14-19/h6-14,22H,5,15H2,1-4H3,(H,30,32). The molecule has 0 saturated carbocycles. The van der Waals surface area contributed by atoms with Crippen molar-refractivity contribution in [1.82, 2.24) is 14.5 Å². The summed E-state index contributed by atoms with van der Waals surface area (Å²) in [6, 6.07) is 13.9. The Morgan fingerprint density at radius 1 is 1.12 bits per heavy atom. The molecule has 4 aromatic rings. The van der Waals surface area contributed by atoms with Crippen molar-refractivity contribution in [1.29, 1.82) is 0 Å². The number of hydrogen-bond acceptors (Lipinski definition) is 4. The molecule has 0 aliphatic rings. The number of aromatic nitrogens is 3. The second kappa shape index (κ2) is 9.75. The molecule has 170 valence electrons. The van der Waals surface area contributed by atoms with Gasteiger partial charge in [-0.2, -0.15) is 0 Å². The zero-order valence-electron chi connectivity index (χ0n) is 19.2. The molecule has 4 rings (SSSR count). The summed E-state index contributed by atoms with van der Waals surface area (Å²) < 4.78 is 15.5. The smallest absolute Gasteiger partial charge is 0.247 e. The third kappa shape index (κ3) is 4.93. The van der Waals surface area contributed by atoms with Gasteiger partial charge in [0.25, 0.3) is 0 Å². The number of fused-ring (bicyclic) bond motifs is 1. The van der Waals surface area contributed by atoms with Gasteiger partial charge in [0.2, 0.25) is 5.91 Å². The summed E-state index contributed by atoms with van der Waals surface area (Å²) >= 11 is 1.48. The average molecular weight is 463 g/mol. The number of hydrogen-bond donors (Lipinski definition) is 1. The molecule has 2 aromatic carbocycles. The van der Waals surface area contributed by atoms with Gasteiger partial charge in [0.05, 0.1) is 0 Å². The molecule has 2 heterocycles. The van der Waals surface area contributed by atoms with Crippen molar-refractivity contribution in [2.45, 2.75) is 51.1 Å². The van der Waals surface area contributed by atoms with Gasteiger partial charge in [-0.1, -0.05) is 48.5 Å². The molecule has 2 aromatic heterocycles. The maximum Gasteiger partial charge on any atom is 0.247 e. The lowest BCUT2D eigenvalue weighted by Crippen LogP contribution is -2.27. The van der Waals surface area contributed by atoms with E-state index in [1.165, 1.54) is 23.9 Å². The van der Waals surface area contributed by atoms with Crippen molar-refractivity contribution in [3.05, 3.63) is 82.8 Å². The first-order chi connectivity index (χ1) is 15.9. The van der Waals surface area contributed by atoms with Gasteiger partial charge >= 0.3 is 0 Å². The van der Waals surface area contributed by atoms with E-state index in [-0.39, 0.29) is 11.7 Å². The van der Waals surface area contributed by atoms with Crippen LogP contribution in [0.25, 0.3) is 11.2 Å². The van der Waals surface area contributed by atoms with Crippen molar-refractivity contribution in [3.63, 3.8) is 0 Å². The summed E-state index contributed by atoms with van der Waals surface area (Å²) in [5.74, 6) is 0.165. The highest BCUT2D eigenvalue weighted by atomic mass is 32.2. The molecular formula is C26H27FN4OS. The third-order valence-electron chi connectivity index (χ3n) is 5.60. The SMILES string of the molecule is CCC(C(=O)Nc1c(C)cc(C)cc1C)n1c(SCc2cccc(F)c2)nc2cccnc21. The van der Waals surface area contributed by atoms with E-state index < -0.39 is 6.04 Å². The Morgan fingerprint density at radius 3 is 2.58 bits per heavy atom. The number of pyridine rings is 1. The first-order valence-electron chi connectivity index (χ1n) is 11.0. The fraction of sp³-hybridized carbons (Fsp3) is 0.269. The largest absolute Gasteiger partial charge is 0.324 e. The van der Waals surface area contributed by atoms with Gasteiger partial charge in [0, 0.05) is 17.6 Å². The molecule has 0 spiro atoms. The highest BCUT2D eigenvalue weighted by Crippen LogP contribution is 2.32. The van der Waals surface area contributed by atoms with Crippen LogP contribution < -0.4 is 5.32 Å². The molecule has 1 unspecified atom stereocenters. The number of halogens is 1. The van der Waals surface area contributed by atoms with Crippen LogP contribution in [-0.4, -0.2) is 20.4 Å². The number of rotatable bonds is 7. The second-order valence-corrected chi connectivity index (χ2v) is 9.16. The van der Waals surface area contributed by atoms with E-state index >= 15 is 0 Å². The van der Waals surface area contributed by atoms with Crippen LogP contribution >= 0.6 is 11.8 Å². The maximum atomic E-state index is 13.6. The number of benzene rings is 2. The molecule has 0 fully saturated rings. The van der Waals surface area contributed by atoms with Crippen LogP contribution in [0.4, 0.5) is 10.1 Å². The number of imidazole rings is 1. The second-order valence-electron chi connectivity index (χ2n) is 8.22. The Bertz CT molecular complexity index is 1290. The minimum Gasteiger partial charge on any atom is -0.324 e. The third-order valence-corrected chi connectivity index (χ3v) is 6.62. The van der Waals surface area contributed by atoms with Crippen molar-refractivity contribution >= 4 is 34.5 Å². The molecular weight excluding hydrogens is 435 g/mol. The van der Waals surface area contributed by atoms with Gasteiger partial charge in [-0.25, -0.2) is 14.4 Å². The number of amides is 1. The molecule has 0 bridgehead atoms. The lowest BCUT2D eigenvalue weighted by atomic mass is 10.0. The lowest BCUT2D eigenvalue weighted by Gasteiger charge is -2.21. The minimum atomic E-state index is -0.486. The van der Waals surface area contributed by atoms with E-state index in [0.29, 0.717) is 23.0 Å². The van der Waals surface area contributed by atoms with E-state index in [9.17, 15) is 9.18 Å². The first-order valence-corrected chi connectivity index (χ1v) is 11.9. The van der Waals surface area contributed by atoms with Crippen LogP contribution in [0, 0.1) is 26.6 Å². The Balaban J connectivity index is 1.68. The van der Waals surface area contributed by atoms with Crippen LogP contribution in [-0.2, 0) is 10.5 Å². The highest BCUT2D eigenvalue weighted by molar-refractivity contribution is 7.98. The van der Waals surface area contributed by atoms with Crippen molar-refractivity contribution in [2.24, 2.45) is 0 Å². The lowest BCUT2D eigenvalue weighted by molar-refractivity contribution is -0.119. The molecule has 1 N–H and O–H groups in total. The number of aryl methyl sites for hydroxylation is 3. The van der Waals surface area contributed by atoms with Gasteiger partial charge < -0.3 is 5.32 Å². The summed E-state index contributed by atoms with van der Waals surface area (Å²) in [6.07, 6.45) is 2.28. The molecule has 33 heavy (non-hydrogen) atoms. The van der Waals surface area contributed by atoms with E-state index in [1.807, 2.05) is 50.5 Å². The van der Waals surface area contributed by atoms with Gasteiger partial charge in [-0.3, -0.25) is 9.36 Å². The Hall–Kier alpha value is -3.19. The Morgan fingerprint density at radius 2 is 1.88 bits per heavy atom. The Kier molecular flexibility index (Phi) is 6.79. The molecule has 1 amide bonds. The van der Waals surface area contributed by atoms with Gasteiger partial charge in [-0.15, -0.1) is 0 Å². The molecule has 0 aliphatic carbocycles. The van der Waals surface area contributed by atoms with Gasteiger partial charge in [0.15, 0.2) is 10.8 Å². The van der Waals surface area contributed by atoms with Crippen LogP contribution in [0.1, 0.15) is 41.6 Å². The molecule has 0 radical (unpaired) electrons. The number of nitrogens with one attached hydrogen (secondary N) is 1. The van der Waals surface area contributed by atoms with E-state index in [4.69, 9.17) is 4.98 Å². The van der Waals surface area contributed by atoms with Crippen LogP contribution in [0.3, 0.4) is 0 Å². The predicted molar refractivity (Wildman–Crippen MR) is 132 cm³/mol. The number of thioether (sulfide) groups is 1. The average Bonchev–Trinajstić information content (AvgIpc) is 3.14. The summed E-state index contributed by atoms with van der Waals surface area (Å²) in [6.45, 7) is 8.04. The topological polar surface area (TPSA) is 59.8 Å². The minimum absolute atomic E-state index is 0.106. The highest BCUT2D eigenvalue weighted by Gasteiger charge is 2.26. The molecule has 5 nitrogen and oxygen atoms in total. The monoisotopic (exact) mass is 462 g/mol. The summed E-state index contributed by atoms with van der Waals surface area (Å²) in [5.41, 5.74) is 6.32. The quantitative estimate of drug-likeness (QED) is 0.324. The van der Waals surface area contributed by atoms with Crippen molar-refractivity contribution in [2.75, 3.05) is 5.32 Å². The van der Waals surface area contributed by atoms with Crippen LogP contribution in [0.2, 0.25) is 0 Å². The summed E-state index contributed by atoms with van der Waals surface area (Å²) in [5, 5.41) is 3.83.